The SMILES string of the molecule is CCC(C)(C)N(C)c1ccc([C@H](C)N)cn1. The van der Waals surface area contributed by atoms with E-state index < -0.39 is 0 Å². The maximum atomic E-state index is 5.80. The molecule has 0 spiro atoms. The van der Waals surface area contributed by atoms with Crippen molar-refractivity contribution in [3.63, 3.8) is 0 Å². The molecule has 0 radical (unpaired) electrons. The minimum Gasteiger partial charge on any atom is -0.355 e. The third-order valence-electron chi connectivity index (χ3n) is 3.41. The number of pyridine rings is 1. The fourth-order valence-corrected chi connectivity index (χ4v) is 1.41. The molecule has 0 bridgehead atoms. The third-order valence-corrected chi connectivity index (χ3v) is 3.41. The molecule has 0 saturated carbocycles. The first-order valence-corrected chi connectivity index (χ1v) is 5.84. The van der Waals surface area contributed by atoms with Gasteiger partial charge in [0.15, 0.2) is 0 Å². The van der Waals surface area contributed by atoms with Crippen LogP contribution in [0.4, 0.5) is 5.82 Å². The minimum atomic E-state index is 0.0473. The van der Waals surface area contributed by atoms with Crippen LogP contribution in [0.25, 0.3) is 0 Å². The Morgan fingerprint density at radius 3 is 2.44 bits per heavy atom. The number of anilines is 1. The molecule has 0 amide bonds. The van der Waals surface area contributed by atoms with Gasteiger partial charge in [0.05, 0.1) is 0 Å². The Bertz CT molecular complexity index is 328. The van der Waals surface area contributed by atoms with Crippen molar-refractivity contribution in [2.24, 2.45) is 5.73 Å². The highest BCUT2D eigenvalue weighted by Crippen LogP contribution is 2.23. The van der Waals surface area contributed by atoms with E-state index in [4.69, 9.17) is 5.73 Å². The second kappa shape index (κ2) is 4.83. The summed E-state index contributed by atoms with van der Waals surface area (Å²) in [7, 11) is 2.08. The summed E-state index contributed by atoms with van der Waals surface area (Å²) in [6.07, 6.45) is 2.95. The number of hydrogen-bond donors (Lipinski definition) is 1. The molecule has 3 heteroatoms. The Kier molecular flexibility index (Phi) is 3.92. The Balaban J connectivity index is 2.90. The van der Waals surface area contributed by atoms with Crippen LogP contribution in [-0.4, -0.2) is 17.6 Å². The molecule has 0 fully saturated rings. The molecule has 0 aliphatic heterocycles. The van der Waals surface area contributed by atoms with Crippen LogP contribution in [0.3, 0.4) is 0 Å². The maximum Gasteiger partial charge on any atom is 0.128 e. The van der Waals surface area contributed by atoms with Crippen molar-refractivity contribution in [3.05, 3.63) is 23.9 Å². The molecule has 90 valence electrons. The van der Waals surface area contributed by atoms with Crippen molar-refractivity contribution in [2.75, 3.05) is 11.9 Å². The van der Waals surface area contributed by atoms with Gasteiger partial charge < -0.3 is 10.6 Å². The van der Waals surface area contributed by atoms with E-state index in [1.807, 2.05) is 19.2 Å². The van der Waals surface area contributed by atoms with Crippen LogP contribution in [0.2, 0.25) is 0 Å². The maximum absolute atomic E-state index is 5.80. The van der Waals surface area contributed by atoms with Crippen molar-refractivity contribution >= 4 is 5.82 Å². The largest absolute Gasteiger partial charge is 0.355 e. The van der Waals surface area contributed by atoms with Crippen LogP contribution in [0.1, 0.15) is 45.7 Å². The summed E-state index contributed by atoms with van der Waals surface area (Å²) in [5, 5.41) is 0. The zero-order valence-electron chi connectivity index (χ0n) is 11.0. The van der Waals surface area contributed by atoms with E-state index in [9.17, 15) is 0 Å². The molecule has 2 N–H and O–H groups in total. The predicted octanol–water partition coefficient (Wildman–Crippen LogP) is 2.73. The molecule has 1 aromatic heterocycles. The monoisotopic (exact) mass is 221 g/mol. The summed E-state index contributed by atoms with van der Waals surface area (Å²) >= 11 is 0. The standard InChI is InChI=1S/C13H23N3/c1-6-13(3,4)16(5)12-8-7-11(9-15-12)10(2)14/h7-10H,6,14H2,1-5H3/t10-/m0/s1. The van der Waals surface area contributed by atoms with Crippen molar-refractivity contribution in [1.82, 2.24) is 4.98 Å². The van der Waals surface area contributed by atoms with Gasteiger partial charge in [0, 0.05) is 24.8 Å². The highest BCUT2D eigenvalue weighted by atomic mass is 15.2. The Morgan fingerprint density at radius 1 is 1.44 bits per heavy atom. The second-order valence-corrected chi connectivity index (χ2v) is 4.96. The molecular formula is C13H23N3. The molecule has 1 rings (SSSR count). The number of hydrogen-bond acceptors (Lipinski definition) is 3. The molecule has 1 aromatic rings. The van der Waals surface area contributed by atoms with Crippen molar-refractivity contribution in [3.8, 4) is 0 Å². The smallest absolute Gasteiger partial charge is 0.128 e. The lowest BCUT2D eigenvalue weighted by Gasteiger charge is -2.35. The predicted molar refractivity (Wildman–Crippen MR) is 69.6 cm³/mol. The van der Waals surface area contributed by atoms with E-state index in [2.05, 4.69) is 43.8 Å². The molecule has 0 aliphatic rings. The number of aromatic nitrogens is 1. The number of rotatable bonds is 4. The number of nitrogens with zero attached hydrogens (tertiary/aromatic N) is 2. The first-order valence-electron chi connectivity index (χ1n) is 5.84. The topological polar surface area (TPSA) is 42.1 Å². The minimum absolute atomic E-state index is 0.0473. The summed E-state index contributed by atoms with van der Waals surface area (Å²) in [6, 6.07) is 4.14. The first-order chi connectivity index (χ1) is 7.38. The fourth-order valence-electron chi connectivity index (χ4n) is 1.41. The van der Waals surface area contributed by atoms with Crippen LogP contribution in [0.15, 0.2) is 18.3 Å². The molecule has 0 unspecified atom stereocenters. The normalized spacial score (nSPS) is 13.6. The highest BCUT2D eigenvalue weighted by molar-refractivity contribution is 5.41. The lowest BCUT2D eigenvalue weighted by Crippen LogP contribution is -2.41. The summed E-state index contributed by atoms with van der Waals surface area (Å²) in [5.74, 6) is 0.997. The Morgan fingerprint density at radius 2 is 2.06 bits per heavy atom. The molecule has 0 saturated heterocycles. The molecule has 0 aliphatic carbocycles. The van der Waals surface area contributed by atoms with Gasteiger partial charge in [0.1, 0.15) is 5.82 Å². The molecular weight excluding hydrogens is 198 g/mol. The van der Waals surface area contributed by atoms with Crippen LogP contribution in [0.5, 0.6) is 0 Å². The summed E-state index contributed by atoms with van der Waals surface area (Å²) < 4.78 is 0. The van der Waals surface area contributed by atoms with Gasteiger partial charge in [-0.2, -0.15) is 0 Å². The van der Waals surface area contributed by atoms with Gasteiger partial charge in [0.25, 0.3) is 0 Å². The van der Waals surface area contributed by atoms with Crippen molar-refractivity contribution in [2.45, 2.75) is 45.7 Å². The van der Waals surface area contributed by atoms with Crippen molar-refractivity contribution in [1.29, 1.82) is 0 Å². The van der Waals surface area contributed by atoms with E-state index in [1.165, 1.54) is 0 Å². The zero-order chi connectivity index (χ0) is 12.3. The van der Waals surface area contributed by atoms with Gasteiger partial charge in [-0.25, -0.2) is 4.98 Å². The summed E-state index contributed by atoms with van der Waals surface area (Å²) in [4.78, 5) is 6.67. The highest BCUT2D eigenvalue weighted by Gasteiger charge is 2.22. The van der Waals surface area contributed by atoms with Gasteiger partial charge in [0.2, 0.25) is 0 Å². The van der Waals surface area contributed by atoms with Crippen LogP contribution >= 0.6 is 0 Å². The Hall–Kier alpha value is -1.09. The van der Waals surface area contributed by atoms with Crippen LogP contribution in [0, 0.1) is 0 Å². The van der Waals surface area contributed by atoms with E-state index in [-0.39, 0.29) is 11.6 Å². The fraction of sp³-hybridized carbons (Fsp3) is 0.615. The van der Waals surface area contributed by atoms with E-state index >= 15 is 0 Å². The van der Waals surface area contributed by atoms with Gasteiger partial charge in [-0.3, -0.25) is 0 Å². The molecule has 3 nitrogen and oxygen atoms in total. The van der Waals surface area contributed by atoms with E-state index in [0.717, 1.165) is 17.8 Å². The summed E-state index contributed by atoms with van der Waals surface area (Å²) in [6.45, 7) is 8.59. The average molecular weight is 221 g/mol. The van der Waals surface area contributed by atoms with Crippen LogP contribution < -0.4 is 10.6 Å². The quantitative estimate of drug-likeness (QED) is 0.850. The molecule has 0 aromatic carbocycles. The van der Waals surface area contributed by atoms with E-state index in [1.54, 1.807) is 0 Å². The third kappa shape index (κ3) is 2.73. The summed E-state index contributed by atoms with van der Waals surface area (Å²) in [5.41, 5.74) is 7.00. The van der Waals surface area contributed by atoms with Crippen molar-refractivity contribution < 1.29 is 0 Å². The average Bonchev–Trinajstić information content (AvgIpc) is 2.28. The zero-order valence-corrected chi connectivity index (χ0v) is 11.0. The first kappa shape index (κ1) is 13.0. The number of nitrogens with two attached hydrogens (primary N) is 1. The molecule has 1 heterocycles. The molecule has 1 atom stereocenters. The lowest BCUT2D eigenvalue weighted by molar-refractivity contribution is 0.467. The molecule has 16 heavy (non-hydrogen) atoms. The van der Waals surface area contributed by atoms with Gasteiger partial charge in [-0.1, -0.05) is 13.0 Å². The second-order valence-electron chi connectivity index (χ2n) is 4.96. The van der Waals surface area contributed by atoms with Gasteiger partial charge in [-0.15, -0.1) is 0 Å². The van der Waals surface area contributed by atoms with Gasteiger partial charge >= 0.3 is 0 Å². The Labute approximate surface area is 98.7 Å². The van der Waals surface area contributed by atoms with Crippen LogP contribution in [-0.2, 0) is 0 Å². The van der Waals surface area contributed by atoms with E-state index in [0.29, 0.717) is 0 Å². The van der Waals surface area contributed by atoms with Gasteiger partial charge in [-0.05, 0) is 38.8 Å². The lowest BCUT2D eigenvalue weighted by atomic mass is 10.00.